The van der Waals surface area contributed by atoms with Crippen molar-refractivity contribution in [1.82, 2.24) is 9.29 Å². The standard InChI is InChI=1S/C19H15F3N2O4S.ClH/c1-23-10-12-9-15(13-5-2-3-6-14(13)20)24(11-12)29(25,26)17-8-4-7-16-18(17)28-19(21,22)27-16;/h2-9,11,23H,10H2,1H3;1H. The van der Waals surface area contributed by atoms with Crippen LogP contribution < -0.4 is 14.8 Å². The lowest BCUT2D eigenvalue weighted by Crippen LogP contribution is -2.26. The molecule has 0 saturated carbocycles. The number of halogens is 4. The molecule has 3 aromatic rings. The molecule has 6 nitrogen and oxygen atoms in total. The molecule has 2 heterocycles. The number of aromatic nitrogens is 1. The third kappa shape index (κ3) is 3.73. The van der Waals surface area contributed by atoms with Crippen molar-refractivity contribution < 1.29 is 31.1 Å². The molecule has 1 N–H and O–H groups in total. The van der Waals surface area contributed by atoms with Crippen LogP contribution in [0, 0.1) is 5.82 Å². The predicted molar refractivity (Wildman–Crippen MR) is 105 cm³/mol. The van der Waals surface area contributed by atoms with Gasteiger partial charge in [0.05, 0.1) is 5.69 Å². The number of nitrogens with zero attached hydrogens (tertiary/aromatic N) is 1. The van der Waals surface area contributed by atoms with Crippen molar-refractivity contribution in [3.63, 3.8) is 0 Å². The highest BCUT2D eigenvalue weighted by molar-refractivity contribution is 7.90. The zero-order chi connectivity index (χ0) is 20.8. The third-order valence-corrected chi connectivity index (χ3v) is 6.00. The quantitative estimate of drug-likeness (QED) is 0.623. The largest absolute Gasteiger partial charge is 0.586 e. The summed E-state index contributed by atoms with van der Waals surface area (Å²) < 4.78 is 77.8. The monoisotopic (exact) mass is 460 g/mol. The van der Waals surface area contributed by atoms with Crippen molar-refractivity contribution in [3.8, 4) is 22.8 Å². The van der Waals surface area contributed by atoms with Crippen molar-refractivity contribution in [2.24, 2.45) is 0 Å². The normalized spacial score (nSPS) is 14.4. The van der Waals surface area contributed by atoms with Crippen molar-refractivity contribution in [2.45, 2.75) is 17.7 Å². The maximum Gasteiger partial charge on any atom is 0.586 e. The second-order valence-electron chi connectivity index (χ2n) is 6.30. The molecule has 0 bridgehead atoms. The molecule has 1 aromatic heterocycles. The predicted octanol–water partition coefficient (Wildman–Crippen LogP) is 3.99. The number of alkyl halides is 2. The average Bonchev–Trinajstić information content (AvgIpc) is 3.21. The summed E-state index contributed by atoms with van der Waals surface area (Å²) in [4.78, 5) is -0.517. The van der Waals surface area contributed by atoms with Crippen LogP contribution in [0.25, 0.3) is 11.3 Å². The number of ether oxygens (including phenoxy) is 2. The second kappa shape index (κ2) is 7.86. The minimum Gasteiger partial charge on any atom is -0.395 e. The molecular weight excluding hydrogens is 445 g/mol. The summed E-state index contributed by atoms with van der Waals surface area (Å²) in [5.41, 5.74) is 0.662. The van der Waals surface area contributed by atoms with Gasteiger partial charge in [0.15, 0.2) is 11.5 Å². The van der Waals surface area contributed by atoms with Gasteiger partial charge < -0.3 is 14.8 Å². The molecule has 0 saturated heterocycles. The Labute approximate surface area is 176 Å². The highest BCUT2D eigenvalue weighted by atomic mass is 35.5. The number of benzene rings is 2. The van der Waals surface area contributed by atoms with E-state index in [1.54, 1.807) is 13.1 Å². The molecule has 0 amide bonds. The molecule has 0 spiro atoms. The maximum atomic E-state index is 14.4. The van der Waals surface area contributed by atoms with E-state index in [-0.39, 0.29) is 23.7 Å². The molecule has 1 aliphatic rings. The molecule has 0 radical (unpaired) electrons. The number of rotatable bonds is 5. The van der Waals surface area contributed by atoms with Gasteiger partial charge in [0.2, 0.25) is 0 Å². The Morgan fingerprint density at radius 2 is 1.83 bits per heavy atom. The van der Waals surface area contributed by atoms with Crippen LogP contribution in [0.4, 0.5) is 13.2 Å². The van der Waals surface area contributed by atoms with Gasteiger partial charge in [-0.25, -0.2) is 16.8 Å². The Morgan fingerprint density at radius 3 is 2.53 bits per heavy atom. The van der Waals surface area contributed by atoms with E-state index in [0.29, 0.717) is 12.1 Å². The van der Waals surface area contributed by atoms with E-state index >= 15 is 0 Å². The highest BCUT2D eigenvalue weighted by Crippen LogP contribution is 2.45. The van der Waals surface area contributed by atoms with Gasteiger partial charge in [0.1, 0.15) is 10.7 Å². The van der Waals surface area contributed by atoms with E-state index in [4.69, 9.17) is 0 Å². The molecule has 0 unspecified atom stereocenters. The first-order valence-corrected chi connectivity index (χ1v) is 9.92. The van der Waals surface area contributed by atoms with Crippen LogP contribution in [-0.2, 0) is 16.6 Å². The van der Waals surface area contributed by atoms with E-state index in [9.17, 15) is 21.6 Å². The Hall–Kier alpha value is -2.69. The molecule has 4 rings (SSSR count). The molecule has 2 aromatic carbocycles. The lowest BCUT2D eigenvalue weighted by atomic mass is 10.1. The summed E-state index contributed by atoms with van der Waals surface area (Å²) in [6.45, 7) is 0.314. The van der Waals surface area contributed by atoms with Crippen LogP contribution in [0.3, 0.4) is 0 Å². The van der Waals surface area contributed by atoms with Gasteiger partial charge in [0.25, 0.3) is 10.0 Å². The highest BCUT2D eigenvalue weighted by Gasteiger charge is 2.46. The molecular formula is C19H16ClF3N2O4S. The second-order valence-corrected chi connectivity index (χ2v) is 8.08. The van der Waals surface area contributed by atoms with Crippen molar-refractivity contribution in [3.05, 3.63) is 66.1 Å². The van der Waals surface area contributed by atoms with Gasteiger partial charge in [-0.1, -0.05) is 18.2 Å². The summed E-state index contributed by atoms with van der Waals surface area (Å²) in [5.74, 6) is -1.62. The fraction of sp³-hybridized carbons (Fsp3) is 0.158. The summed E-state index contributed by atoms with van der Waals surface area (Å²) in [5, 5.41) is 2.89. The van der Waals surface area contributed by atoms with Crippen molar-refractivity contribution in [1.29, 1.82) is 0 Å². The van der Waals surface area contributed by atoms with Crippen LogP contribution in [0.15, 0.2) is 59.6 Å². The summed E-state index contributed by atoms with van der Waals surface area (Å²) in [6, 6.07) is 10.8. The molecule has 0 aliphatic carbocycles. The Morgan fingerprint density at radius 1 is 1.10 bits per heavy atom. The van der Waals surface area contributed by atoms with Crippen LogP contribution in [0.1, 0.15) is 5.56 Å². The SMILES string of the molecule is CNCc1cc(-c2ccccc2F)n(S(=O)(=O)c2cccc3c2OC(F)(F)O3)c1.Cl. The molecule has 160 valence electrons. The lowest BCUT2D eigenvalue weighted by Gasteiger charge is -2.13. The fourth-order valence-electron chi connectivity index (χ4n) is 3.12. The van der Waals surface area contributed by atoms with Gasteiger partial charge in [-0.3, -0.25) is 0 Å². The minimum atomic E-state index is -4.42. The summed E-state index contributed by atoms with van der Waals surface area (Å²) in [6.07, 6.45) is -2.67. The van der Waals surface area contributed by atoms with E-state index in [0.717, 1.165) is 10.0 Å². The van der Waals surface area contributed by atoms with Gasteiger partial charge in [-0.15, -0.1) is 21.2 Å². The topological polar surface area (TPSA) is 69.6 Å². The van der Waals surface area contributed by atoms with Gasteiger partial charge in [0, 0.05) is 18.3 Å². The first-order chi connectivity index (χ1) is 13.7. The Kier molecular flexibility index (Phi) is 5.76. The molecule has 1 aliphatic heterocycles. The lowest BCUT2D eigenvalue weighted by molar-refractivity contribution is -0.287. The van der Waals surface area contributed by atoms with E-state index < -0.39 is 38.5 Å². The van der Waals surface area contributed by atoms with Gasteiger partial charge >= 0.3 is 6.29 Å². The van der Waals surface area contributed by atoms with Gasteiger partial charge in [-0.05, 0) is 42.9 Å². The number of hydrogen-bond acceptors (Lipinski definition) is 5. The maximum absolute atomic E-state index is 14.4. The Bertz CT molecular complexity index is 1200. The van der Waals surface area contributed by atoms with Crippen LogP contribution in [0.5, 0.6) is 11.5 Å². The first kappa shape index (κ1) is 22.0. The van der Waals surface area contributed by atoms with Crippen LogP contribution >= 0.6 is 12.4 Å². The average molecular weight is 461 g/mol. The number of hydrogen-bond donors (Lipinski definition) is 1. The van der Waals surface area contributed by atoms with Gasteiger partial charge in [-0.2, -0.15) is 0 Å². The molecule has 0 fully saturated rings. The van der Waals surface area contributed by atoms with Crippen LogP contribution in [-0.4, -0.2) is 25.7 Å². The van der Waals surface area contributed by atoms with E-state index in [1.807, 2.05) is 0 Å². The molecule has 11 heteroatoms. The van der Waals surface area contributed by atoms with E-state index in [2.05, 4.69) is 14.8 Å². The number of nitrogens with one attached hydrogen (secondary N) is 1. The molecule has 0 atom stereocenters. The number of fused-ring (bicyclic) bond motifs is 1. The van der Waals surface area contributed by atoms with E-state index in [1.165, 1.54) is 42.6 Å². The van der Waals surface area contributed by atoms with Crippen molar-refractivity contribution >= 4 is 22.4 Å². The molecule has 30 heavy (non-hydrogen) atoms. The summed E-state index contributed by atoms with van der Waals surface area (Å²) >= 11 is 0. The third-order valence-electron chi connectivity index (χ3n) is 4.30. The Balaban J connectivity index is 0.00000256. The zero-order valence-electron chi connectivity index (χ0n) is 15.4. The number of para-hydroxylation sites is 1. The fourth-order valence-corrected chi connectivity index (χ4v) is 4.64. The minimum absolute atomic E-state index is 0. The van der Waals surface area contributed by atoms with Crippen LogP contribution in [0.2, 0.25) is 0 Å². The van der Waals surface area contributed by atoms with Crippen molar-refractivity contribution in [2.75, 3.05) is 7.05 Å². The summed E-state index contributed by atoms with van der Waals surface area (Å²) in [7, 11) is -2.75. The smallest absolute Gasteiger partial charge is 0.395 e. The first-order valence-electron chi connectivity index (χ1n) is 8.48. The zero-order valence-corrected chi connectivity index (χ0v) is 17.1.